The van der Waals surface area contributed by atoms with Crippen LogP contribution in [0.1, 0.15) is 47.1 Å². The number of hydrogen-bond acceptors (Lipinski definition) is 0. The lowest BCUT2D eigenvalue weighted by Gasteiger charge is -2.31. The summed E-state index contributed by atoms with van der Waals surface area (Å²) < 4.78 is 0. The minimum Gasteiger partial charge on any atom is -0.126 e. The van der Waals surface area contributed by atoms with E-state index in [2.05, 4.69) is 132 Å². The molecule has 0 aliphatic rings. The fraction of sp³-hybridized carbons (Fsp3) is 0.333. The zero-order valence-corrected chi connectivity index (χ0v) is 24.4. The van der Waals surface area contributed by atoms with Crippen LogP contribution in [0.5, 0.6) is 0 Å². The summed E-state index contributed by atoms with van der Waals surface area (Å²) in [5, 5.41) is 10.5. The summed E-state index contributed by atoms with van der Waals surface area (Å²) in [6.07, 6.45) is 0. The summed E-state index contributed by atoms with van der Waals surface area (Å²) in [6.45, 7) is 14.2. The van der Waals surface area contributed by atoms with Gasteiger partial charge in [0.2, 0.25) is 0 Å². The third-order valence-electron chi connectivity index (χ3n) is 7.57. The molecule has 0 nitrogen and oxygen atoms in total. The van der Waals surface area contributed by atoms with Gasteiger partial charge in [-0.05, 0) is 103 Å². The maximum absolute atomic E-state index is 3.98. The normalized spacial score (nSPS) is 12.4. The van der Waals surface area contributed by atoms with Gasteiger partial charge in [0.25, 0.3) is 0 Å². The fourth-order valence-corrected chi connectivity index (χ4v) is 12.5. The molecule has 0 aliphatic heterocycles. The standard InChI is InChI=1S/C36H40Si/c1-25(2)22-37(23-26(3)4,24-27(5)6)18-17-28-11-14-33-31(19-28)12-16-35-34(33)15-13-32-20-29-9-7-8-10-30(29)21-36(32)35/h7-16,19-21,25-27H,22-24H2,1-6H3. The van der Waals surface area contributed by atoms with Crippen molar-refractivity contribution in [2.45, 2.75) is 59.7 Å². The van der Waals surface area contributed by atoms with E-state index in [1.165, 1.54) is 61.2 Å². The largest absolute Gasteiger partial charge is 0.139 e. The molecule has 0 heterocycles. The van der Waals surface area contributed by atoms with E-state index in [0.29, 0.717) is 17.8 Å². The van der Waals surface area contributed by atoms with E-state index >= 15 is 0 Å². The molecule has 1 heteroatoms. The van der Waals surface area contributed by atoms with Gasteiger partial charge >= 0.3 is 0 Å². The molecule has 0 bridgehead atoms. The van der Waals surface area contributed by atoms with Crippen LogP contribution in [0.15, 0.2) is 78.9 Å². The summed E-state index contributed by atoms with van der Waals surface area (Å²) in [4.78, 5) is 0. The van der Waals surface area contributed by atoms with Gasteiger partial charge in [0.1, 0.15) is 8.07 Å². The third-order valence-corrected chi connectivity index (χ3v) is 13.0. The summed E-state index contributed by atoms with van der Waals surface area (Å²) in [6, 6.07) is 33.2. The second kappa shape index (κ2) is 10.4. The minimum atomic E-state index is -1.69. The fourth-order valence-electron chi connectivity index (χ4n) is 6.60. The lowest BCUT2D eigenvalue weighted by Crippen LogP contribution is -2.37. The lowest BCUT2D eigenvalue weighted by molar-refractivity contribution is 0.650. The molecule has 188 valence electrons. The third kappa shape index (κ3) is 5.46. The van der Waals surface area contributed by atoms with Gasteiger partial charge in [-0.3, -0.25) is 0 Å². The van der Waals surface area contributed by atoms with Crippen LogP contribution in [0.3, 0.4) is 0 Å². The van der Waals surface area contributed by atoms with Gasteiger partial charge in [0, 0.05) is 5.56 Å². The number of fused-ring (bicyclic) bond motifs is 6. The van der Waals surface area contributed by atoms with Crippen molar-refractivity contribution in [2.24, 2.45) is 17.8 Å². The van der Waals surface area contributed by atoms with Gasteiger partial charge in [-0.25, -0.2) is 0 Å². The molecular weight excluding hydrogens is 460 g/mol. The molecule has 0 aliphatic carbocycles. The van der Waals surface area contributed by atoms with Crippen molar-refractivity contribution in [3.63, 3.8) is 0 Å². The van der Waals surface area contributed by atoms with Gasteiger partial charge in [0.05, 0.1) is 0 Å². The molecule has 0 unspecified atom stereocenters. The van der Waals surface area contributed by atoms with Crippen molar-refractivity contribution in [1.29, 1.82) is 0 Å². The van der Waals surface area contributed by atoms with Crippen LogP contribution in [0.2, 0.25) is 18.1 Å². The quantitative estimate of drug-likeness (QED) is 0.0941. The minimum absolute atomic E-state index is 0.702. The first-order chi connectivity index (χ1) is 17.7. The van der Waals surface area contributed by atoms with Crippen LogP contribution in [0.25, 0.3) is 43.1 Å². The Labute approximate surface area is 224 Å². The molecule has 5 aromatic rings. The zero-order valence-electron chi connectivity index (χ0n) is 23.4. The highest BCUT2D eigenvalue weighted by Crippen LogP contribution is 2.35. The Kier molecular flexibility index (Phi) is 7.15. The van der Waals surface area contributed by atoms with Crippen molar-refractivity contribution in [3.05, 3.63) is 84.4 Å². The molecule has 0 amide bonds. The Morgan fingerprint density at radius 1 is 0.514 bits per heavy atom. The Bertz CT molecular complexity index is 1620. The SMILES string of the molecule is CC(C)C[Si](C#Cc1ccc2c(ccc3c4cc5ccccc5cc4ccc23)c1)(CC(C)C)CC(C)C. The van der Waals surface area contributed by atoms with Crippen molar-refractivity contribution in [3.8, 4) is 11.5 Å². The average Bonchev–Trinajstić information content (AvgIpc) is 2.84. The Morgan fingerprint density at radius 2 is 1.03 bits per heavy atom. The van der Waals surface area contributed by atoms with E-state index in [1.807, 2.05) is 0 Å². The Hall–Kier alpha value is -3.08. The second-order valence-corrected chi connectivity index (χ2v) is 16.4. The van der Waals surface area contributed by atoms with Crippen molar-refractivity contribution >= 4 is 51.2 Å². The predicted octanol–water partition coefficient (Wildman–Crippen LogP) is 10.6. The maximum atomic E-state index is 3.98. The second-order valence-electron chi connectivity index (χ2n) is 12.4. The van der Waals surface area contributed by atoms with E-state index in [0.717, 1.165) is 5.56 Å². The number of benzene rings is 5. The molecule has 0 aromatic heterocycles. The van der Waals surface area contributed by atoms with Crippen LogP contribution < -0.4 is 0 Å². The highest BCUT2D eigenvalue weighted by molar-refractivity contribution is 6.87. The van der Waals surface area contributed by atoms with Gasteiger partial charge in [-0.2, -0.15) is 0 Å². The molecule has 0 saturated heterocycles. The lowest BCUT2D eigenvalue weighted by atomic mass is 9.94. The molecule has 5 rings (SSSR count). The summed E-state index contributed by atoms with van der Waals surface area (Å²) in [7, 11) is -1.69. The molecule has 0 atom stereocenters. The maximum Gasteiger partial charge on any atom is 0.139 e. The molecular formula is C36H40Si. The molecule has 0 fully saturated rings. The van der Waals surface area contributed by atoms with E-state index in [-0.39, 0.29) is 0 Å². The van der Waals surface area contributed by atoms with Gasteiger partial charge in [0.15, 0.2) is 0 Å². The highest BCUT2D eigenvalue weighted by Gasteiger charge is 2.33. The summed E-state index contributed by atoms with van der Waals surface area (Å²) in [5.74, 6) is 5.81. The number of hydrogen-bond donors (Lipinski definition) is 0. The van der Waals surface area contributed by atoms with Gasteiger partial charge in [-0.15, -0.1) is 5.54 Å². The molecule has 37 heavy (non-hydrogen) atoms. The number of rotatable bonds is 6. The average molecular weight is 501 g/mol. The predicted molar refractivity (Wildman–Crippen MR) is 168 cm³/mol. The topological polar surface area (TPSA) is 0 Å². The van der Waals surface area contributed by atoms with E-state index in [1.54, 1.807) is 0 Å². The van der Waals surface area contributed by atoms with Crippen LogP contribution in [0, 0.1) is 29.2 Å². The molecule has 0 radical (unpaired) electrons. The Morgan fingerprint density at radius 3 is 1.62 bits per heavy atom. The van der Waals surface area contributed by atoms with E-state index < -0.39 is 8.07 Å². The van der Waals surface area contributed by atoms with Crippen molar-refractivity contribution in [2.75, 3.05) is 0 Å². The molecule has 0 spiro atoms. The van der Waals surface area contributed by atoms with Gasteiger partial charge in [-0.1, -0.05) is 102 Å². The first-order valence-corrected chi connectivity index (χ1v) is 16.7. The van der Waals surface area contributed by atoms with E-state index in [9.17, 15) is 0 Å². The highest BCUT2D eigenvalue weighted by atomic mass is 28.3. The monoisotopic (exact) mass is 500 g/mol. The zero-order chi connectivity index (χ0) is 26.2. The van der Waals surface area contributed by atoms with Gasteiger partial charge < -0.3 is 0 Å². The molecule has 0 saturated carbocycles. The van der Waals surface area contributed by atoms with Crippen LogP contribution in [0.4, 0.5) is 0 Å². The van der Waals surface area contributed by atoms with E-state index in [4.69, 9.17) is 0 Å². The van der Waals surface area contributed by atoms with Crippen molar-refractivity contribution in [1.82, 2.24) is 0 Å². The smallest absolute Gasteiger partial charge is 0.126 e. The Balaban J connectivity index is 1.59. The first-order valence-electron chi connectivity index (χ1n) is 14.0. The van der Waals surface area contributed by atoms with Crippen molar-refractivity contribution < 1.29 is 0 Å². The first kappa shape index (κ1) is 25.6. The van der Waals surface area contributed by atoms with Crippen LogP contribution in [-0.2, 0) is 0 Å². The molecule has 0 N–H and O–H groups in total. The van der Waals surface area contributed by atoms with Crippen LogP contribution in [-0.4, -0.2) is 8.07 Å². The van der Waals surface area contributed by atoms with Crippen LogP contribution >= 0.6 is 0 Å². The summed E-state index contributed by atoms with van der Waals surface area (Å²) in [5.41, 5.74) is 5.13. The molecule has 5 aromatic carbocycles. The summed E-state index contributed by atoms with van der Waals surface area (Å²) >= 11 is 0.